The standard InChI is InChI=1S/C14H8F3N3O/c15-14(16,17)11-3-4-12(10(6-11)7-18)20-13(21)9-2-1-5-19-8-9/h1-6,8H,(H,20,21). The fourth-order valence-electron chi connectivity index (χ4n) is 1.61. The van der Waals surface area contributed by atoms with Crippen molar-refractivity contribution >= 4 is 11.6 Å². The second-order valence-corrected chi connectivity index (χ2v) is 4.07. The molecule has 1 N–H and O–H groups in total. The van der Waals surface area contributed by atoms with Gasteiger partial charge in [-0.15, -0.1) is 0 Å². The SMILES string of the molecule is N#Cc1cc(C(F)(F)F)ccc1NC(=O)c1cccnc1. The van der Waals surface area contributed by atoms with Crippen LogP contribution in [0, 0.1) is 11.3 Å². The number of hydrogen-bond acceptors (Lipinski definition) is 3. The van der Waals surface area contributed by atoms with E-state index in [0.29, 0.717) is 6.07 Å². The quantitative estimate of drug-likeness (QED) is 0.923. The molecule has 0 aliphatic rings. The topological polar surface area (TPSA) is 65.8 Å². The van der Waals surface area contributed by atoms with Crippen LogP contribution in [0.15, 0.2) is 42.7 Å². The summed E-state index contributed by atoms with van der Waals surface area (Å²) in [7, 11) is 0. The number of halogens is 3. The van der Waals surface area contributed by atoms with Gasteiger partial charge < -0.3 is 5.32 Å². The number of amides is 1. The molecule has 0 fully saturated rings. The number of aromatic nitrogens is 1. The molecule has 0 saturated carbocycles. The highest BCUT2D eigenvalue weighted by Crippen LogP contribution is 2.31. The van der Waals surface area contributed by atoms with E-state index < -0.39 is 17.6 Å². The van der Waals surface area contributed by atoms with Crippen LogP contribution in [-0.4, -0.2) is 10.9 Å². The molecule has 7 heteroatoms. The minimum Gasteiger partial charge on any atom is -0.321 e. The zero-order valence-corrected chi connectivity index (χ0v) is 10.5. The lowest BCUT2D eigenvalue weighted by Crippen LogP contribution is -2.14. The summed E-state index contributed by atoms with van der Waals surface area (Å²) in [5, 5.41) is 11.3. The monoisotopic (exact) mass is 291 g/mol. The first kappa shape index (κ1) is 14.5. The van der Waals surface area contributed by atoms with Crippen molar-refractivity contribution in [2.75, 3.05) is 5.32 Å². The lowest BCUT2D eigenvalue weighted by Gasteiger charge is -2.10. The third-order valence-electron chi connectivity index (χ3n) is 2.64. The summed E-state index contributed by atoms with van der Waals surface area (Å²) >= 11 is 0. The number of carbonyl (C=O) groups is 1. The number of hydrogen-bond donors (Lipinski definition) is 1. The maximum Gasteiger partial charge on any atom is 0.416 e. The average molecular weight is 291 g/mol. The van der Waals surface area contributed by atoms with E-state index >= 15 is 0 Å². The minimum absolute atomic E-state index is 0.0133. The number of nitriles is 1. The van der Waals surface area contributed by atoms with Crippen molar-refractivity contribution in [3.8, 4) is 6.07 Å². The first-order valence-electron chi connectivity index (χ1n) is 5.74. The van der Waals surface area contributed by atoms with Gasteiger partial charge in [0.1, 0.15) is 6.07 Å². The Morgan fingerprint density at radius 3 is 2.62 bits per heavy atom. The van der Waals surface area contributed by atoms with Crippen LogP contribution in [0.3, 0.4) is 0 Å². The van der Waals surface area contributed by atoms with Crippen molar-refractivity contribution in [1.29, 1.82) is 5.26 Å². The van der Waals surface area contributed by atoms with Gasteiger partial charge in [0.05, 0.1) is 22.4 Å². The molecule has 2 aromatic rings. The maximum absolute atomic E-state index is 12.6. The van der Waals surface area contributed by atoms with Crippen LogP contribution >= 0.6 is 0 Å². The van der Waals surface area contributed by atoms with E-state index in [4.69, 9.17) is 5.26 Å². The summed E-state index contributed by atoms with van der Waals surface area (Å²) in [4.78, 5) is 15.6. The summed E-state index contributed by atoms with van der Waals surface area (Å²) in [5.41, 5.74) is -0.957. The van der Waals surface area contributed by atoms with Crippen molar-refractivity contribution in [1.82, 2.24) is 4.98 Å². The predicted octanol–water partition coefficient (Wildman–Crippen LogP) is 3.22. The first-order chi connectivity index (χ1) is 9.91. The van der Waals surface area contributed by atoms with Gasteiger partial charge in [-0.2, -0.15) is 18.4 Å². The average Bonchev–Trinajstić information content (AvgIpc) is 2.47. The van der Waals surface area contributed by atoms with E-state index in [1.165, 1.54) is 18.5 Å². The molecule has 1 aromatic heterocycles. The zero-order chi connectivity index (χ0) is 15.5. The number of carbonyl (C=O) groups excluding carboxylic acids is 1. The van der Waals surface area contributed by atoms with Crippen molar-refractivity contribution in [2.24, 2.45) is 0 Å². The summed E-state index contributed by atoms with van der Waals surface area (Å²) in [6.07, 6.45) is -1.75. The Morgan fingerprint density at radius 1 is 1.29 bits per heavy atom. The van der Waals surface area contributed by atoms with Crippen molar-refractivity contribution in [2.45, 2.75) is 6.18 Å². The first-order valence-corrected chi connectivity index (χ1v) is 5.74. The number of benzene rings is 1. The molecule has 2 rings (SSSR count). The van der Waals surface area contributed by atoms with Crippen molar-refractivity contribution < 1.29 is 18.0 Å². The molecule has 4 nitrogen and oxygen atoms in total. The summed E-state index contributed by atoms with van der Waals surface area (Å²) in [5.74, 6) is -0.556. The molecule has 0 atom stereocenters. The molecule has 0 aliphatic heterocycles. The Labute approximate surface area is 117 Å². The Morgan fingerprint density at radius 2 is 2.05 bits per heavy atom. The lowest BCUT2D eigenvalue weighted by molar-refractivity contribution is -0.137. The van der Waals surface area contributed by atoms with E-state index in [2.05, 4.69) is 10.3 Å². The summed E-state index contributed by atoms with van der Waals surface area (Å²) < 4.78 is 37.7. The Hall–Kier alpha value is -2.88. The van der Waals surface area contributed by atoms with Gasteiger partial charge >= 0.3 is 6.18 Å². The number of rotatable bonds is 2. The molecule has 0 saturated heterocycles. The molecule has 21 heavy (non-hydrogen) atoms. The van der Waals surface area contributed by atoms with Crippen molar-refractivity contribution in [3.63, 3.8) is 0 Å². The summed E-state index contributed by atoms with van der Waals surface area (Å²) in [6, 6.07) is 7.23. The number of nitrogens with one attached hydrogen (secondary N) is 1. The van der Waals surface area contributed by atoms with E-state index in [0.717, 1.165) is 12.1 Å². The van der Waals surface area contributed by atoms with Crippen LogP contribution in [0.4, 0.5) is 18.9 Å². The van der Waals surface area contributed by atoms with E-state index in [1.807, 2.05) is 0 Å². The molecule has 0 spiro atoms. The van der Waals surface area contributed by atoms with E-state index in [-0.39, 0.29) is 16.8 Å². The van der Waals surface area contributed by atoms with Crippen LogP contribution in [0.1, 0.15) is 21.5 Å². The van der Waals surface area contributed by atoms with Crippen LogP contribution in [0.2, 0.25) is 0 Å². The van der Waals surface area contributed by atoms with Gasteiger partial charge in [0.15, 0.2) is 0 Å². The van der Waals surface area contributed by atoms with Gasteiger partial charge in [-0.3, -0.25) is 9.78 Å². The Kier molecular flexibility index (Phi) is 3.89. The van der Waals surface area contributed by atoms with Crippen LogP contribution in [-0.2, 0) is 6.18 Å². The normalized spacial score (nSPS) is 10.8. The third kappa shape index (κ3) is 3.36. The Bertz CT molecular complexity index is 706. The van der Waals surface area contributed by atoms with Gasteiger partial charge in [0, 0.05) is 12.4 Å². The van der Waals surface area contributed by atoms with Gasteiger partial charge in [-0.1, -0.05) is 0 Å². The molecule has 0 radical (unpaired) electrons. The fraction of sp³-hybridized carbons (Fsp3) is 0.0714. The van der Waals surface area contributed by atoms with Gasteiger partial charge in [0.25, 0.3) is 5.91 Å². The fourth-order valence-corrected chi connectivity index (χ4v) is 1.61. The van der Waals surface area contributed by atoms with Crippen LogP contribution in [0.5, 0.6) is 0 Å². The molecular formula is C14H8F3N3O. The zero-order valence-electron chi connectivity index (χ0n) is 10.5. The van der Waals surface area contributed by atoms with E-state index in [1.54, 1.807) is 12.1 Å². The van der Waals surface area contributed by atoms with E-state index in [9.17, 15) is 18.0 Å². The minimum atomic E-state index is -4.54. The van der Waals surface area contributed by atoms with Crippen LogP contribution < -0.4 is 5.32 Å². The predicted molar refractivity (Wildman–Crippen MR) is 68.3 cm³/mol. The summed E-state index contributed by atoms with van der Waals surface area (Å²) in [6.45, 7) is 0. The highest BCUT2D eigenvalue weighted by Gasteiger charge is 2.31. The maximum atomic E-state index is 12.6. The molecular weight excluding hydrogens is 283 g/mol. The highest BCUT2D eigenvalue weighted by atomic mass is 19.4. The molecule has 0 bridgehead atoms. The largest absolute Gasteiger partial charge is 0.416 e. The highest BCUT2D eigenvalue weighted by molar-refractivity contribution is 6.04. The third-order valence-corrected chi connectivity index (χ3v) is 2.64. The number of anilines is 1. The molecule has 1 amide bonds. The number of nitrogens with zero attached hydrogens (tertiary/aromatic N) is 2. The van der Waals surface area contributed by atoms with Gasteiger partial charge in [0.2, 0.25) is 0 Å². The van der Waals surface area contributed by atoms with Gasteiger partial charge in [-0.25, -0.2) is 0 Å². The smallest absolute Gasteiger partial charge is 0.321 e. The number of pyridine rings is 1. The van der Waals surface area contributed by atoms with Crippen LogP contribution in [0.25, 0.3) is 0 Å². The van der Waals surface area contributed by atoms with Gasteiger partial charge in [-0.05, 0) is 30.3 Å². The lowest BCUT2D eigenvalue weighted by atomic mass is 10.1. The molecule has 0 unspecified atom stereocenters. The van der Waals surface area contributed by atoms with Crippen molar-refractivity contribution in [3.05, 3.63) is 59.4 Å². The molecule has 1 aromatic carbocycles. The molecule has 106 valence electrons. The Balaban J connectivity index is 2.29. The molecule has 1 heterocycles. The second kappa shape index (κ2) is 5.63. The molecule has 0 aliphatic carbocycles. The second-order valence-electron chi connectivity index (χ2n) is 4.07. The number of alkyl halides is 3.